The molecule has 1 saturated heterocycles. The minimum absolute atomic E-state index is 0.706. The Balaban J connectivity index is 1.91. The Morgan fingerprint density at radius 2 is 2.05 bits per heavy atom. The van der Waals surface area contributed by atoms with Gasteiger partial charge < -0.3 is 15.1 Å². The minimum Gasteiger partial charge on any atom is -0.313 e. The summed E-state index contributed by atoms with van der Waals surface area (Å²) in [5, 5.41) is 3.72. The van der Waals surface area contributed by atoms with E-state index in [0.29, 0.717) is 6.04 Å². The molecule has 3 heteroatoms. The lowest BCUT2D eigenvalue weighted by Crippen LogP contribution is -2.54. The van der Waals surface area contributed by atoms with Crippen LogP contribution in [0.5, 0.6) is 0 Å². The maximum atomic E-state index is 3.72. The van der Waals surface area contributed by atoms with Gasteiger partial charge in [0, 0.05) is 24.7 Å². The minimum atomic E-state index is 0.706. The van der Waals surface area contributed by atoms with Crippen LogP contribution in [-0.4, -0.2) is 61.7 Å². The van der Waals surface area contributed by atoms with Gasteiger partial charge in [-0.05, 0) is 65.2 Å². The fourth-order valence-corrected chi connectivity index (χ4v) is 4.02. The fraction of sp³-hybridized carbons (Fsp3) is 1.00. The lowest BCUT2D eigenvalue weighted by molar-refractivity contribution is 0.102. The van der Waals surface area contributed by atoms with Crippen LogP contribution in [0.15, 0.2) is 0 Å². The highest BCUT2D eigenvalue weighted by atomic mass is 15.2. The summed E-state index contributed by atoms with van der Waals surface area (Å²) in [6.45, 7) is 8.29. The van der Waals surface area contributed by atoms with Crippen LogP contribution in [0.25, 0.3) is 0 Å². The molecule has 0 amide bonds. The van der Waals surface area contributed by atoms with E-state index in [9.17, 15) is 0 Å². The third-order valence-electron chi connectivity index (χ3n) is 5.28. The van der Waals surface area contributed by atoms with E-state index in [2.05, 4.69) is 43.1 Å². The van der Waals surface area contributed by atoms with Gasteiger partial charge in [-0.25, -0.2) is 0 Å². The van der Waals surface area contributed by atoms with E-state index in [1.54, 1.807) is 0 Å². The SMILES string of the molecule is CCNC1CCC(C)CC1N(C)CC1CCCN1C. The molecule has 0 aromatic carbocycles. The second kappa shape index (κ2) is 7.05. The summed E-state index contributed by atoms with van der Waals surface area (Å²) in [5.41, 5.74) is 0. The van der Waals surface area contributed by atoms with Gasteiger partial charge in [0.2, 0.25) is 0 Å². The number of likely N-dealkylation sites (tertiary alicyclic amines) is 1. The molecule has 112 valence electrons. The number of hydrogen-bond acceptors (Lipinski definition) is 3. The van der Waals surface area contributed by atoms with Gasteiger partial charge in [-0.2, -0.15) is 0 Å². The largest absolute Gasteiger partial charge is 0.313 e. The molecule has 0 spiro atoms. The van der Waals surface area contributed by atoms with E-state index >= 15 is 0 Å². The second-order valence-corrected chi connectivity index (χ2v) is 6.87. The highest BCUT2D eigenvalue weighted by Crippen LogP contribution is 2.28. The number of nitrogens with one attached hydrogen (secondary N) is 1. The summed E-state index contributed by atoms with van der Waals surface area (Å²) >= 11 is 0. The van der Waals surface area contributed by atoms with Crippen LogP contribution in [0.3, 0.4) is 0 Å². The molecule has 1 N–H and O–H groups in total. The number of likely N-dealkylation sites (N-methyl/N-ethyl adjacent to an activating group) is 3. The first-order chi connectivity index (χ1) is 9.11. The van der Waals surface area contributed by atoms with Gasteiger partial charge in [0.25, 0.3) is 0 Å². The monoisotopic (exact) mass is 267 g/mol. The van der Waals surface area contributed by atoms with Gasteiger partial charge in [0.05, 0.1) is 0 Å². The number of rotatable bonds is 5. The van der Waals surface area contributed by atoms with E-state index in [1.807, 2.05) is 0 Å². The van der Waals surface area contributed by atoms with Crippen LogP contribution in [-0.2, 0) is 0 Å². The van der Waals surface area contributed by atoms with Gasteiger partial charge >= 0.3 is 0 Å². The van der Waals surface area contributed by atoms with Gasteiger partial charge in [0.15, 0.2) is 0 Å². The molecule has 1 saturated carbocycles. The standard InChI is InChI=1S/C16H33N3/c1-5-17-15-9-8-13(2)11-16(15)19(4)12-14-7-6-10-18(14)3/h13-17H,5-12H2,1-4H3. The Hall–Kier alpha value is -0.120. The third-order valence-corrected chi connectivity index (χ3v) is 5.28. The molecule has 2 aliphatic rings. The molecule has 2 fully saturated rings. The van der Waals surface area contributed by atoms with Crippen molar-refractivity contribution in [1.29, 1.82) is 0 Å². The van der Waals surface area contributed by atoms with Crippen LogP contribution < -0.4 is 5.32 Å². The molecule has 0 radical (unpaired) electrons. The zero-order chi connectivity index (χ0) is 13.8. The van der Waals surface area contributed by atoms with Crippen molar-refractivity contribution in [3.05, 3.63) is 0 Å². The van der Waals surface area contributed by atoms with Crippen LogP contribution in [0.1, 0.15) is 46.0 Å². The van der Waals surface area contributed by atoms with Gasteiger partial charge in [-0.15, -0.1) is 0 Å². The zero-order valence-corrected chi connectivity index (χ0v) is 13.4. The molecule has 1 aliphatic carbocycles. The topological polar surface area (TPSA) is 18.5 Å². The first kappa shape index (κ1) is 15.3. The van der Waals surface area contributed by atoms with Crippen molar-refractivity contribution >= 4 is 0 Å². The van der Waals surface area contributed by atoms with Crippen molar-refractivity contribution in [2.24, 2.45) is 5.92 Å². The van der Waals surface area contributed by atoms with Crippen molar-refractivity contribution in [3.8, 4) is 0 Å². The maximum Gasteiger partial charge on any atom is 0.0249 e. The van der Waals surface area contributed by atoms with Crippen molar-refractivity contribution < 1.29 is 0 Å². The molecule has 3 nitrogen and oxygen atoms in total. The lowest BCUT2D eigenvalue weighted by atomic mass is 9.82. The van der Waals surface area contributed by atoms with Crippen molar-refractivity contribution in [2.45, 2.75) is 64.1 Å². The summed E-state index contributed by atoms with van der Waals surface area (Å²) in [4.78, 5) is 5.19. The van der Waals surface area contributed by atoms with Gasteiger partial charge in [0.1, 0.15) is 0 Å². The Kier molecular flexibility index (Phi) is 5.67. The van der Waals surface area contributed by atoms with Crippen LogP contribution in [0.2, 0.25) is 0 Å². The van der Waals surface area contributed by atoms with Gasteiger partial charge in [-0.1, -0.05) is 13.8 Å². The molecular weight excluding hydrogens is 234 g/mol. The van der Waals surface area contributed by atoms with Crippen molar-refractivity contribution in [3.63, 3.8) is 0 Å². The Bertz CT molecular complexity index is 269. The quantitative estimate of drug-likeness (QED) is 0.824. The molecular formula is C16H33N3. The van der Waals surface area contributed by atoms with E-state index in [4.69, 9.17) is 0 Å². The highest BCUT2D eigenvalue weighted by molar-refractivity contribution is 4.91. The van der Waals surface area contributed by atoms with Crippen LogP contribution >= 0.6 is 0 Å². The second-order valence-electron chi connectivity index (χ2n) is 6.87. The average molecular weight is 267 g/mol. The number of hydrogen-bond donors (Lipinski definition) is 1. The summed E-state index contributed by atoms with van der Waals surface area (Å²) in [6, 6.07) is 2.22. The Labute approximate surface area is 119 Å². The van der Waals surface area contributed by atoms with Crippen molar-refractivity contribution in [2.75, 3.05) is 33.7 Å². The molecule has 0 bridgehead atoms. The normalized spacial score (nSPS) is 37.1. The molecule has 4 atom stereocenters. The first-order valence-electron chi connectivity index (χ1n) is 8.25. The lowest BCUT2D eigenvalue weighted by Gasteiger charge is -2.42. The fourth-order valence-electron chi connectivity index (χ4n) is 4.02. The molecule has 0 aromatic rings. The maximum absolute atomic E-state index is 3.72. The summed E-state index contributed by atoms with van der Waals surface area (Å²) < 4.78 is 0. The zero-order valence-electron chi connectivity index (χ0n) is 13.4. The van der Waals surface area contributed by atoms with Gasteiger partial charge in [-0.3, -0.25) is 0 Å². The van der Waals surface area contributed by atoms with E-state index in [0.717, 1.165) is 24.5 Å². The van der Waals surface area contributed by atoms with Crippen LogP contribution in [0, 0.1) is 5.92 Å². The number of nitrogens with zero attached hydrogens (tertiary/aromatic N) is 2. The Morgan fingerprint density at radius 3 is 2.68 bits per heavy atom. The summed E-state index contributed by atoms with van der Waals surface area (Å²) in [5.74, 6) is 0.892. The van der Waals surface area contributed by atoms with E-state index in [1.165, 1.54) is 45.2 Å². The predicted molar refractivity (Wildman–Crippen MR) is 82.5 cm³/mol. The predicted octanol–water partition coefficient (Wildman–Crippen LogP) is 2.18. The summed E-state index contributed by atoms with van der Waals surface area (Å²) in [6.07, 6.45) is 6.88. The van der Waals surface area contributed by atoms with E-state index < -0.39 is 0 Å². The van der Waals surface area contributed by atoms with Crippen LogP contribution in [0.4, 0.5) is 0 Å². The Morgan fingerprint density at radius 1 is 1.26 bits per heavy atom. The first-order valence-corrected chi connectivity index (χ1v) is 8.25. The highest BCUT2D eigenvalue weighted by Gasteiger charge is 2.32. The molecule has 19 heavy (non-hydrogen) atoms. The smallest absolute Gasteiger partial charge is 0.0249 e. The molecule has 0 aromatic heterocycles. The third kappa shape index (κ3) is 3.93. The average Bonchev–Trinajstić information content (AvgIpc) is 2.77. The molecule has 1 heterocycles. The van der Waals surface area contributed by atoms with Crippen molar-refractivity contribution in [1.82, 2.24) is 15.1 Å². The molecule has 1 aliphatic heterocycles. The summed E-state index contributed by atoms with van der Waals surface area (Å²) in [7, 11) is 4.63. The van der Waals surface area contributed by atoms with E-state index in [-0.39, 0.29) is 0 Å². The molecule has 4 unspecified atom stereocenters. The molecule has 2 rings (SSSR count).